The van der Waals surface area contributed by atoms with E-state index in [2.05, 4.69) is 48.0 Å². The summed E-state index contributed by atoms with van der Waals surface area (Å²) in [5.41, 5.74) is 5.12. The monoisotopic (exact) mass is 473 g/mol. The second kappa shape index (κ2) is 9.08. The molecule has 0 spiro atoms. The van der Waals surface area contributed by atoms with Crippen molar-refractivity contribution < 1.29 is 23.1 Å². The number of aromatic amines is 2. The van der Waals surface area contributed by atoms with Gasteiger partial charge in [-0.1, -0.05) is 29.5 Å². The molecule has 0 aliphatic heterocycles. The fourth-order valence-corrected chi connectivity index (χ4v) is 3.54. The lowest BCUT2D eigenvalue weighted by Gasteiger charge is -2.01. The molecular weight excluding hydrogens is 459 g/mol. The highest BCUT2D eigenvalue weighted by Gasteiger charge is 2.38. The maximum Gasteiger partial charge on any atom is 0.490 e. The van der Waals surface area contributed by atoms with Gasteiger partial charge in [0, 0.05) is 28.4 Å². The second-order valence-electron chi connectivity index (χ2n) is 6.58. The fraction of sp³-hybridized carbons (Fsp3) is 0.0500. The lowest BCUT2D eigenvalue weighted by molar-refractivity contribution is -0.192. The van der Waals surface area contributed by atoms with Crippen LogP contribution in [0.5, 0.6) is 0 Å². The minimum absolute atomic E-state index is 0.747. The number of carbonyl (C=O) groups is 1. The van der Waals surface area contributed by atoms with Crippen molar-refractivity contribution in [1.29, 1.82) is 0 Å². The van der Waals surface area contributed by atoms with Gasteiger partial charge in [0.2, 0.25) is 5.13 Å². The van der Waals surface area contributed by atoms with Crippen LogP contribution in [0, 0.1) is 0 Å². The van der Waals surface area contributed by atoms with Crippen molar-refractivity contribution in [3.05, 3.63) is 61.1 Å². The summed E-state index contributed by atoms with van der Waals surface area (Å²) < 4.78 is 31.7. The number of anilines is 2. The molecule has 0 saturated heterocycles. The molecule has 13 heteroatoms. The first-order chi connectivity index (χ1) is 15.8. The van der Waals surface area contributed by atoms with E-state index >= 15 is 0 Å². The molecule has 0 saturated carbocycles. The van der Waals surface area contributed by atoms with Gasteiger partial charge in [0.15, 0.2) is 0 Å². The van der Waals surface area contributed by atoms with Crippen LogP contribution in [-0.4, -0.2) is 47.8 Å². The van der Waals surface area contributed by atoms with E-state index in [1.165, 1.54) is 11.3 Å². The fourth-order valence-electron chi connectivity index (χ4n) is 2.77. The number of alkyl halides is 3. The van der Waals surface area contributed by atoms with Crippen LogP contribution in [0.1, 0.15) is 0 Å². The molecule has 4 N–H and O–H groups in total. The van der Waals surface area contributed by atoms with Crippen LogP contribution in [0.4, 0.5) is 24.0 Å². The van der Waals surface area contributed by atoms with Gasteiger partial charge in [-0.15, -0.1) is 10.2 Å². The predicted molar refractivity (Wildman–Crippen MR) is 116 cm³/mol. The second-order valence-corrected chi connectivity index (χ2v) is 7.56. The number of aliphatic carboxylic acids is 1. The Kier molecular flexibility index (Phi) is 6.04. The predicted octanol–water partition coefficient (Wildman–Crippen LogP) is 4.85. The number of nitrogens with zero attached hydrogens (tertiary/aromatic N) is 4. The Hall–Kier alpha value is -4.26. The van der Waals surface area contributed by atoms with E-state index < -0.39 is 12.1 Å². The SMILES string of the molecule is O=C(O)C(F)(F)F.c1cc(-c2cn[nH]c2)cc(-c2nnc(Nc3ccc4[nH]ncc4c3)s2)c1. The van der Waals surface area contributed by atoms with E-state index in [9.17, 15) is 13.2 Å². The van der Waals surface area contributed by atoms with Gasteiger partial charge in [-0.25, -0.2) is 4.79 Å². The molecule has 5 rings (SSSR count). The van der Waals surface area contributed by atoms with Gasteiger partial charge >= 0.3 is 12.1 Å². The largest absolute Gasteiger partial charge is 0.490 e. The highest BCUT2D eigenvalue weighted by atomic mass is 32.1. The third-order valence-corrected chi connectivity index (χ3v) is 5.19. The molecule has 168 valence electrons. The minimum Gasteiger partial charge on any atom is -0.475 e. The molecule has 0 aliphatic rings. The number of carboxylic acid groups (broad SMARTS) is 1. The number of hydrogen-bond acceptors (Lipinski definition) is 7. The number of nitrogens with one attached hydrogen (secondary N) is 3. The molecule has 0 unspecified atom stereocenters. The van der Waals surface area contributed by atoms with Crippen molar-refractivity contribution in [2.24, 2.45) is 0 Å². The first-order valence-corrected chi connectivity index (χ1v) is 10.0. The van der Waals surface area contributed by atoms with Gasteiger partial charge in [-0.05, 0) is 29.8 Å². The molecule has 0 atom stereocenters. The first-order valence-electron chi connectivity index (χ1n) is 9.23. The van der Waals surface area contributed by atoms with Crippen molar-refractivity contribution >= 4 is 39.0 Å². The van der Waals surface area contributed by atoms with Crippen LogP contribution in [-0.2, 0) is 4.79 Å². The number of aromatic nitrogens is 6. The summed E-state index contributed by atoms with van der Waals surface area (Å²) in [6.07, 6.45) is 0.393. The van der Waals surface area contributed by atoms with E-state index in [-0.39, 0.29) is 0 Å². The zero-order chi connectivity index (χ0) is 23.4. The van der Waals surface area contributed by atoms with Crippen molar-refractivity contribution in [3.8, 4) is 21.7 Å². The molecule has 5 aromatic rings. The summed E-state index contributed by atoms with van der Waals surface area (Å²) in [4.78, 5) is 8.90. The van der Waals surface area contributed by atoms with Crippen LogP contribution in [0.3, 0.4) is 0 Å². The molecule has 0 fully saturated rings. The lowest BCUT2D eigenvalue weighted by atomic mass is 10.1. The van der Waals surface area contributed by atoms with Crippen LogP contribution >= 0.6 is 11.3 Å². The van der Waals surface area contributed by atoms with Crippen molar-refractivity contribution in [1.82, 2.24) is 30.6 Å². The molecule has 33 heavy (non-hydrogen) atoms. The molecule has 0 amide bonds. The standard InChI is InChI=1S/C18H13N7S.C2HF3O2/c1-2-11(14-9-19-20-10-14)6-12(3-1)17-24-25-18(26-17)22-15-4-5-16-13(7-15)8-21-23-16;3-2(4,5)1(6)7/h1-10H,(H,19,20)(H,21,23)(H,22,25);(H,6,7). The van der Waals surface area contributed by atoms with Gasteiger partial charge < -0.3 is 10.4 Å². The zero-order valence-electron chi connectivity index (χ0n) is 16.5. The summed E-state index contributed by atoms with van der Waals surface area (Å²) in [5.74, 6) is -2.76. The third-order valence-electron chi connectivity index (χ3n) is 4.30. The summed E-state index contributed by atoms with van der Waals surface area (Å²) in [7, 11) is 0. The van der Waals surface area contributed by atoms with Crippen LogP contribution in [0.15, 0.2) is 61.1 Å². The van der Waals surface area contributed by atoms with Gasteiger partial charge in [0.05, 0.1) is 17.9 Å². The Morgan fingerprint density at radius 1 is 1.00 bits per heavy atom. The molecule has 3 aromatic heterocycles. The summed E-state index contributed by atoms with van der Waals surface area (Å²) in [5, 5.41) is 35.5. The van der Waals surface area contributed by atoms with E-state index in [4.69, 9.17) is 9.90 Å². The number of H-pyrrole nitrogens is 2. The number of rotatable bonds is 4. The van der Waals surface area contributed by atoms with Crippen molar-refractivity contribution in [3.63, 3.8) is 0 Å². The van der Waals surface area contributed by atoms with E-state index in [0.717, 1.165) is 43.4 Å². The Bertz CT molecular complexity index is 1380. The van der Waals surface area contributed by atoms with Crippen LogP contribution in [0.2, 0.25) is 0 Å². The quantitative estimate of drug-likeness (QED) is 0.293. The van der Waals surface area contributed by atoms with Gasteiger partial charge in [0.25, 0.3) is 0 Å². The van der Waals surface area contributed by atoms with Gasteiger partial charge in [0.1, 0.15) is 5.01 Å². The van der Waals surface area contributed by atoms with E-state index in [1.54, 1.807) is 12.4 Å². The van der Waals surface area contributed by atoms with E-state index in [1.807, 2.05) is 36.5 Å². The maximum atomic E-state index is 10.6. The van der Waals surface area contributed by atoms with Crippen LogP contribution in [0.25, 0.3) is 32.6 Å². The molecular formula is C20H14F3N7O2S. The summed E-state index contributed by atoms with van der Waals surface area (Å²) >= 11 is 1.51. The molecule has 0 bridgehead atoms. The summed E-state index contributed by atoms with van der Waals surface area (Å²) in [6, 6.07) is 14.2. The van der Waals surface area contributed by atoms with Crippen LogP contribution < -0.4 is 5.32 Å². The van der Waals surface area contributed by atoms with Gasteiger partial charge in [-0.2, -0.15) is 23.4 Å². The Morgan fingerprint density at radius 2 is 1.79 bits per heavy atom. The third kappa shape index (κ3) is 5.33. The Morgan fingerprint density at radius 3 is 2.52 bits per heavy atom. The molecule has 0 aliphatic carbocycles. The average molecular weight is 473 g/mol. The smallest absolute Gasteiger partial charge is 0.475 e. The number of carboxylic acids is 1. The lowest BCUT2D eigenvalue weighted by Crippen LogP contribution is -2.21. The highest BCUT2D eigenvalue weighted by molar-refractivity contribution is 7.18. The zero-order valence-corrected chi connectivity index (χ0v) is 17.3. The van der Waals surface area contributed by atoms with Crippen molar-refractivity contribution in [2.45, 2.75) is 6.18 Å². The molecule has 0 radical (unpaired) electrons. The number of hydrogen-bond donors (Lipinski definition) is 4. The van der Waals surface area contributed by atoms with Crippen molar-refractivity contribution in [2.75, 3.05) is 5.32 Å². The number of halogens is 3. The molecule has 3 heterocycles. The van der Waals surface area contributed by atoms with Gasteiger partial charge in [-0.3, -0.25) is 10.2 Å². The summed E-state index contributed by atoms with van der Waals surface area (Å²) in [6.45, 7) is 0. The van der Waals surface area contributed by atoms with E-state index in [0.29, 0.717) is 0 Å². The topological polar surface area (TPSA) is 132 Å². The molecule has 9 nitrogen and oxygen atoms in total. The maximum absolute atomic E-state index is 10.6. The average Bonchev–Trinajstić information content (AvgIpc) is 3.55. The number of fused-ring (bicyclic) bond motifs is 1. The first kappa shape index (κ1) is 22.0. The Labute approximate surface area is 187 Å². The molecule has 2 aromatic carbocycles. The highest BCUT2D eigenvalue weighted by Crippen LogP contribution is 2.31. The Balaban J connectivity index is 0.000000325. The minimum atomic E-state index is -5.08. The number of benzene rings is 2. The normalized spacial score (nSPS) is 11.1.